The summed E-state index contributed by atoms with van der Waals surface area (Å²) in [7, 11) is 1.54. The highest BCUT2D eigenvalue weighted by atomic mass is 35.5. The Labute approximate surface area is 100 Å². The normalized spacial score (nSPS) is 20.0. The fraction of sp³-hybridized carbons (Fsp3) is 0.500. The molecule has 16 heavy (non-hydrogen) atoms. The van der Waals surface area contributed by atoms with E-state index in [1.54, 1.807) is 13.2 Å². The average molecular weight is 242 g/mol. The van der Waals surface area contributed by atoms with Crippen molar-refractivity contribution in [3.05, 3.63) is 22.7 Å². The molecule has 1 fully saturated rings. The molecule has 1 saturated heterocycles. The maximum Gasteiger partial charge on any atom is 0.141 e. The molecule has 1 unspecified atom stereocenters. The molecule has 1 heterocycles. The van der Waals surface area contributed by atoms with Crippen LogP contribution in [-0.4, -0.2) is 25.3 Å². The molecule has 0 spiro atoms. The smallest absolute Gasteiger partial charge is 0.141 e. The Hall–Kier alpha value is -0.930. The van der Waals surface area contributed by atoms with Gasteiger partial charge < -0.3 is 15.2 Å². The first-order valence-electron chi connectivity index (χ1n) is 5.47. The number of ether oxygens (including phenoxy) is 1. The van der Waals surface area contributed by atoms with E-state index in [-0.39, 0.29) is 5.75 Å². The summed E-state index contributed by atoms with van der Waals surface area (Å²) in [6.45, 7) is 2.08. The van der Waals surface area contributed by atoms with Crippen molar-refractivity contribution in [2.45, 2.75) is 12.8 Å². The van der Waals surface area contributed by atoms with Crippen molar-refractivity contribution in [3.63, 3.8) is 0 Å². The Kier molecular flexibility index (Phi) is 3.56. The standard InChI is InChI=1S/C12H16ClNO2/c1-16-10-3-2-9(12(15)11(10)13)6-8-4-5-14-7-8/h2-3,8,14-15H,4-7H2,1H3. The van der Waals surface area contributed by atoms with Crippen molar-refractivity contribution in [1.29, 1.82) is 0 Å². The molecular formula is C12H16ClNO2. The second-order valence-corrected chi connectivity index (χ2v) is 4.53. The molecule has 3 nitrogen and oxygen atoms in total. The minimum Gasteiger partial charge on any atom is -0.506 e. The molecule has 0 aliphatic carbocycles. The predicted octanol–water partition coefficient (Wildman–Crippen LogP) is 2.21. The summed E-state index contributed by atoms with van der Waals surface area (Å²) >= 11 is 5.99. The van der Waals surface area contributed by atoms with E-state index in [1.165, 1.54) is 0 Å². The van der Waals surface area contributed by atoms with Gasteiger partial charge >= 0.3 is 0 Å². The van der Waals surface area contributed by atoms with Gasteiger partial charge in [-0.3, -0.25) is 0 Å². The van der Waals surface area contributed by atoms with Gasteiger partial charge in [-0.2, -0.15) is 0 Å². The quantitative estimate of drug-likeness (QED) is 0.853. The molecule has 88 valence electrons. The summed E-state index contributed by atoms with van der Waals surface area (Å²) in [5.74, 6) is 1.27. The van der Waals surface area contributed by atoms with Gasteiger partial charge in [0.1, 0.15) is 16.5 Å². The summed E-state index contributed by atoms with van der Waals surface area (Å²) in [6.07, 6.45) is 2.02. The second kappa shape index (κ2) is 4.93. The van der Waals surface area contributed by atoms with Gasteiger partial charge in [0.15, 0.2) is 0 Å². The van der Waals surface area contributed by atoms with Crippen LogP contribution in [-0.2, 0) is 6.42 Å². The lowest BCUT2D eigenvalue weighted by molar-refractivity contribution is 0.405. The summed E-state index contributed by atoms with van der Waals surface area (Å²) in [6, 6.07) is 3.69. The number of phenolic OH excluding ortho intramolecular Hbond substituents is 1. The van der Waals surface area contributed by atoms with Crippen LogP contribution in [0.2, 0.25) is 5.02 Å². The van der Waals surface area contributed by atoms with Gasteiger partial charge in [0.05, 0.1) is 7.11 Å². The van der Waals surface area contributed by atoms with E-state index in [4.69, 9.17) is 16.3 Å². The van der Waals surface area contributed by atoms with Crippen LogP contribution < -0.4 is 10.1 Å². The highest BCUT2D eigenvalue weighted by Gasteiger charge is 2.18. The fourth-order valence-corrected chi connectivity index (χ4v) is 2.37. The third-order valence-electron chi connectivity index (χ3n) is 3.06. The third-order valence-corrected chi connectivity index (χ3v) is 3.42. The Morgan fingerprint density at radius 1 is 1.56 bits per heavy atom. The van der Waals surface area contributed by atoms with Gasteiger partial charge in [-0.25, -0.2) is 0 Å². The van der Waals surface area contributed by atoms with Crippen LogP contribution in [0, 0.1) is 5.92 Å². The van der Waals surface area contributed by atoms with Gasteiger partial charge in [-0.05, 0) is 43.5 Å². The summed E-state index contributed by atoms with van der Waals surface area (Å²) in [4.78, 5) is 0. The van der Waals surface area contributed by atoms with Gasteiger partial charge in [0.2, 0.25) is 0 Å². The molecule has 1 aliphatic heterocycles. The zero-order valence-corrected chi connectivity index (χ0v) is 10.0. The zero-order chi connectivity index (χ0) is 11.5. The Morgan fingerprint density at radius 3 is 3.00 bits per heavy atom. The van der Waals surface area contributed by atoms with E-state index < -0.39 is 0 Å². The molecule has 2 rings (SSSR count). The number of hydrogen-bond donors (Lipinski definition) is 2. The highest BCUT2D eigenvalue weighted by Crippen LogP contribution is 2.37. The highest BCUT2D eigenvalue weighted by molar-refractivity contribution is 6.33. The minimum absolute atomic E-state index is 0.160. The number of benzene rings is 1. The van der Waals surface area contributed by atoms with Gasteiger partial charge in [-0.1, -0.05) is 17.7 Å². The molecular weight excluding hydrogens is 226 g/mol. The minimum atomic E-state index is 0.160. The molecule has 0 radical (unpaired) electrons. The van der Waals surface area contributed by atoms with Crippen molar-refractivity contribution in [2.24, 2.45) is 5.92 Å². The van der Waals surface area contributed by atoms with Crippen LogP contribution >= 0.6 is 11.6 Å². The van der Waals surface area contributed by atoms with E-state index in [2.05, 4.69) is 5.32 Å². The first-order chi connectivity index (χ1) is 7.72. The van der Waals surface area contributed by atoms with Crippen molar-refractivity contribution >= 4 is 11.6 Å². The van der Waals surface area contributed by atoms with Gasteiger partial charge in [0.25, 0.3) is 0 Å². The third kappa shape index (κ3) is 2.25. The van der Waals surface area contributed by atoms with Crippen LogP contribution in [0.25, 0.3) is 0 Å². The molecule has 1 aromatic carbocycles. The maximum absolute atomic E-state index is 9.94. The molecule has 1 aromatic rings. The van der Waals surface area contributed by atoms with Crippen molar-refractivity contribution in [1.82, 2.24) is 5.32 Å². The maximum atomic E-state index is 9.94. The lowest BCUT2D eigenvalue weighted by atomic mass is 9.98. The van der Waals surface area contributed by atoms with Crippen LogP contribution in [0.15, 0.2) is 12.1 Å². The number of halogens is 1. The molecule has 1 aliphatic rings. The molecule has 0 amide bonds. The molecule has 0 bridgehead atoms. The van der Waals surface area contributed by atoms with E-state index in [0.717, 1.165) is 31.5 Å². The first-order valence-corrected chi connectivity index (χ1v) is 5.85. The average Bonchev–Trinajstić information content (AvgIpc) is 2.78. The fourth-order valence-electron chi connectivity index (χ4n) is 2.11. The van der Waals surface area contributed by atoms with Crippen LogP contribution in [0.5, 0.6) is 11.5 Å². The van der Waals surface area contributed by atoms with E-state index in [1.807, 2.05) is 6.07 Å². The first kappa shape index (κ1) is 11.6. The van der Waals surface area contributed by atoms with Crippen LogP contribution in [0.1, 0.15) is 12.0 Å². The number of rotatable bonds is 3. The topological polar surface area (TPSA) is 41.5 Å². The van der Waals surface area contributed by atoms with Crippen molar-refractivity contribution in [3.8, 4) is 11.5 Å². The number of aromatic hydroxyl groups is 1. The van der Waals surface area contributed by atoms with Gasteiger partial charge in [-0.15, -0.1) is 0 Å². The predicted molar refractivity (Wildman–Crippen MR) is 64.3 cm³/mol. The Bertz CT molecular complexity index is 376. The van der Waals surface area contributed by atoms with Crippen molar-refractivity contribution < 1.29 is 9.84 Å². The van der Waals surface area contributed by atoms with E-state index >= 15 is 0 Å². The van der Waals surface area contributed by atoms with Crippen LogP contribution in [0.4, 0.5) is 0 Å². The summed E-state index contributed by atoms with van der Waals surface area (Å²) in [5.41, 5.74) is 0.902. The monoisotopic (exact) mass is 241 g/mol. The number of phenols is 1. The van der Waals surface area contributed by atoms with Crippen LogP contribution in [0.3, 0.4) is 0 Å². The number of nitrogens with one attached hydrogen (secondary N) is 1. The Balaban J connectivity index is 2.18. The number of methoxy groups -OCH3 is 1. The molecule has 0 aromatic heterocycles. The summed E-state index contributed by atoms with van der Waals surface area (Å²) in [5, 5.41) is 13.6. The van der Waals surface area contributed by atoms with E-state index in [9.17, 15) is 5.11 Å². The van der Waals surface area contributed by atoms with E-state index in [0.29, 0.717) is 16.7 Å². The molecule has 1 atom stereocenters. The zero-order valence-electron chi connectivity index (χ0n) is 9.29. The lowest BCUT2D eigenvalue weighted by Gasteiger charge is -2.12. The lowest BCUT2D eigenvalue weighted by Crippen LogP contribution is -2.10. The van der Waals surface area contributed by atoms with Crippen molar-refractivity contribution in [2.75, 3.05) is 20.2 Å². The summed E-state index contributed by atoms with van der Waals surface area (Å²) < 4.78 is 5.05. The second-order valence-electron chi connectivity index (χ2n) is 4.15. The molecule has 4 heteroatoms. The number of hydrogen-bond acceptors (Lipinski definition) is 3. The molecule has 2 N–H and O–H groups in total. The SMILES string of the molecule is COc1ccc(CC2CCNC2)c(O)c1Cl. The van der Waals surface area contributed by atoms with Gasteiger partial charge in [0, 0.05) is 0 Å². The largest absolute Gasteiger partial charge is 0.506 e. The molecule has 0 saturated carbocycles. The Morgan fingerprint density at radius 2 is 2.38 bits per heavy atom.